The molecule has 0 radical (unpaired) electrons. The first-order valence-corrected chi connectivity index (χ1v) is 9.52. The van der Waals surface area contributed by atoms with Gasteiger partial charge in [0.25, 0.3) is 11.6 Å². The standard InChI is InChI=1S/C20H19N5O5/c26-19(21-14-6-4-5-13(11-14)18-22-20(27)30-23-18)16-12-15(25(28)29)7-8-17(16)24-9-2-1-3-10-24/h4-8,11-12H,1-3,9-10H2,(H,21,26)(H,22,23,27). The molecule has 2 aromatic carbocycles. The van der Waals surface area contributed by atoms with Crippen molar-refractivity contribution < 1.29 is 14.2 Å². The van der Waals surface area contributed by atoms with E-state index in [-0.39, 0.29) is 17.1 Å². The highest BCUT2D eigenvalue weighted by molar-refractivity contribution is 6.08. The first kappa shape index (κ1) is 19.4. The van der Waals surface area contributed by atoms with Gasteiger partial charge in [-0.3, -0.25) is 24.4 Å². The van der Waals surface area contributed by atoms with Crippen molar-refractivity contribution in [2.24, 2.45) is 0 Å². The van der Waals surface area contributed by atoms with Gasteiger partial charge < -0.3 is 10.2 Å². The molecule has 1 saturated heterocycles. The van der Waals surface area contributed by atoms with E-state index in [1.807, 2.05) is 0 Å². The van der Waals surface area contributed by atoms with Gasteiger partial charge in [-0.05, 0) is 37.5 Å². The lowest BCUT2D eigenvalue weighted by Gasteiger charge is -2.30. The van der Waals surface area contributed by atoms with E-state index in [1.165, 1.54) is 12.1 Å². The van der Waals surface area contributed by atoms with Crippen LogP contribution >= 0.6 is 0 Å². The number of carbonyl (C=O) groups is 1. The molecular formula is C20H19N5O5. The number of nitro groups is 1. The Hall–Kier alpha value is -3.95. The Morgan fingerprint density at radius 1 is 1.17 bits per heavy atom. The predicted octanol–water partition coefficient (Wildman–Crippen LogP) is 3.18. The number of carbonyl (C=O) groups excluding carboxylic acids is 1. The summed E-state index contributed by atoms with van der Waals surface area (Å²) in [7, 11) is 0. The fourth-order valence-corrected chi connectivity index (χ4v) is 3.53. The Labute approximate surface area is 170 Å². The van der Waals surface area contributed by atoms with Gasteiger partial charge in [0.15, 0.2) is 5.82 Å². The second-order valence-corrected chi connectivity index (χ2v) is 6.98. The summed E-state index contributed by atoms with van der Waals surface area (Å²) in [4.78, 5) is 39.5. The fourth-order valence-electron chi connectivity index (χ4n) is 3.53. The number of non-ortho nitro benzene ring substituents is 1. The molecule has 1 aliphatic heterocycles. The van der Waals surface area contributed by atoms with Crippen molar-refractivity contribution in [2.75, 3.05) is 23.3 Å². The van der Waals surface area contributed by atoms with Crippen LogP contribution in [0.5, 0.6) is 0 Å². The Morgan fingerprint density at radius 3 is 2.67 bits per heavy atom. The molecule has 1 aromatic heterocycles. The van der Waals surface area contributed by atoms with Crippen LogP contribution in [-0.2, 0) is 0 Å². The van der Waals surface area contributed by atoms with E-state index in [0.29, 0.717) is 16.9 Å². The highest BCUT2D eigenvalue weighted by atomic mass is 16.6. The highest BCUT2D eigenvalue weighted by Crippen LogP contribution is 2.29. The number of piperidine rings is 1. The van der Waals surface area contributed by atoms with Crippen molar-refractivity contribution in [1.82, 2.24) is 10.1 Å². The monoisotopic (exact) mass is 409 g/mol. The molecule has 1 fully saturated rings. The van der Waals surface area contributed by atoms with Gasteiger partial charge in [-0.1, -0.05) is 17.3 Å². The zero-order chi connectivity index (χ0) is 21.1. The molecule has 0 unspecified atom stereocenters. The average Bonchev–Trinajstić information content (AvgIpc) is 3.20. The smallest absolute Gasteiger partial charge is 0.371 e. The molecule has 1 amide bonds. The van der Waals surface area contributed by atoms with Gasteiger partial charge >= 0.3 is 5.76 Å². The number of H-pyrrole nitrogens is 1. The van der Waals surface area contributed by atoms with E-state index in [2.05, 4.69) is 24.9 Å². The van der Waals surface area contributed by atoms with E-state index in [1.54, 1.807) is 30.3 Å². The number of nitro benzene ring substituents is 1. The van der Waals surface area contributed by atoms with Crippen LogP contribution in [0, 0.1) is 10.1 Å². The second-order valence-electron chi connectivity index (χ2n) is 6.98. The quantitative estimate of drug-likeness (QED) is 0.488. The SMILES string of the molecule is O=C(Nc1cccc(-c2noc(=O)[nH]2)c1)c1cc([N+](=O)[O-])ccc1N1CCCCC1. The number of aromatic amines is 1. The fraction of sp³-hybridized carbons (Fsp3) is 0.250. The van der Waals surface area contributed by atoms with Crippen LogP contribution in [0.25, 0.3) is 11.4 Å². The number of rotatable bonds is 5. The summed E-state index contributed by atoms with van der Waals surface area (Å²) in [6.45, 7) is 1.60. The zero-order valence-electron chi connectivity index (χ0n) is 16.0. The van der Waals surface area contributed by atoms with Gasteiger partial charge in [0.2, 0.25) is 0 Å². The molecule has 30 heavy (non-hydrogen) atoms. The lowest BCUT2D eigenvalue weighted by molar-refractivity contribution is -0.384. The highest BCUT2D eigenvalue weighted by Gasteiger charge is 2.22. The molecule has 1 aliphatic rings. The van der Waals surface area contributed by atoms with Gasteiger partial charge in [0.1, 0.15) is 0 Å². The Kier molecular flexibility index (Phi) is 5.29. The lowest BCUT2D eigenvalue weighted by Crippen LogP contribution is -2.31. The van der Waals surface area contributed by atoms with Crippen LogP contribution in [0.1, 0.15) is 29.6 Å². The summed E-state index contributed by atoms with van der Waals surface area (Å²) in [5.74, 6) is -0.896. The molecule has 3 aromatic rings. The minimum absolute atomic E-state index is 0.144. The lowest BCUT2D eigenvalue weighted by atomic mass is 10.1. The number of aromatic nitrogens is 2. The van der Waals surface area contributed by atoms with Crippen molar-refractivity contribution in [2.45, 2.75) is 19.3 Å². The van der Waals surface area contributed by atoms with Gasteiger partial charge in [-0.15, -0.1) is 0 Å². The molecule has 0 atom stereocenters. The largest absolute Gasteiger partial charge is 0.439 e. The summed E-state index contributed by atoms with van der Waals surface area (Å²) in [5, 5.41) is 17.7. The number of nitrogens with zero attached hydrogens (tertiary/aromatic N) is 3. The summed E-state index contributed by atoms with van der Waals surface area (Å²) >= 11 is 0. The van der Waals surface area contributed by atoms with Gasteiger partial charge in [0.05, 0.1) is 16.2 Å². The molecule has 2 N–H and O–H groups in total. The zero-order valence-corrected chi connectivity index (χ0v) is 16.0. The summed E-state index contributed by atoms with van der Waals surface area (Å²) in [6, 6.07) is 11.1. The Bertz CT molecular complexity index is 1150. The molecule has 2 heterocycles. The van der Waals surface area contributed by atoms with Crippen molar-refractivity contribution in [1.29, 1.82) is 0 Å². The van der Waals surface area contributed by atoms with E-state index in [4.69, 9.17) is 0 Å². The maximum atomic E-state index is 13.1. The van der Waals surface area contributed by atoms with Crippen molar-refractivity contribution in [3.63, 3.8) is 0 Å². The molecule has 4 rings (SSSR count). The van der Waals surface area contributed by atoms with E-state index in [0.717, 1.165) is 32.4 Å². The minimum atomic E-state index is -0.679. The molecule has 154 valence electrons. The molecular weight excluding hydrogens is 390 g/mol. The maximum Gasteiger partial charge on any atom is 0.439 e. The third kappa shape index (κ3) is 4.07. The number of amides is 1. The van der Waals surface area contributed by atoms with Crippen LogP contribution < -0.4 is 16.0 Å². The molecule has 10 nitrogen and oxygen atoms in total. The molecule has 0 spiro atoms. The van der Waals surface area contributed by atoms with Crippen molar-refractivity contribution >= 4 is 23.0 Å². The first-order chi connectivity index (χ1) is 14.5. The number of hydrogen-bond acceptors (Lipinski definition) is 7. The Morgan fingerprint density at radius 2 is 1.97 bits per heavy atom. The van der Waals surface area contributed by atoms with E-state index in [9.17, 15) is 19.7 Å². The molecule has 10 heteroatoms. The number of anilines is 2. The number of hydrogen-bond donors (Lipinski definition) is 2. The van der Waals surface area contributed by atoms with Gasteiger partial charge in [-0.2, -0.15) is 0 Å². The predicted molar refractivity (Wildman–Crippen MR) is 110 cm³/mol. The van der Waals surface area contributed by atoms with Crippen LogP contribution in [0.4, 0.5) is 17.1 Å². The normalized spacial score (nSPS) is 13.8. The summed E-state index contributed by atoms with van der Waals surface area (Å²) in [5.41, 5.74) is 1.78. The van der Waals surface area contributed by atoms with Crippen molar-refractivity contribution in [3.8, 4) is 11.4 Å². The molecule has 0 saturated carbocycles. The minimum Gasteiger partial charge on any atom is -0.371 e. The topological polar surface area (TPSA) is 134 Å². The third-order valence-corrected chi connectivity index (χ3v) is 4.97. The molecule has 0 aliphatic carbocycles. The van der Waals surface area contributed by atoms with Gasteiger partial charge in [-0.25, -0.2) is 4.79 Å². The van der Waals surface area contributed by atoms with Crippen LogP contribution in [0.3, 0.4) is 0 Å². The maximum absolute atomic E-state index is 13.1. The number of benzene rings is 2. The first-order valence-electron chi connectivity index (χ1n) is 9.52. The van der Waals surface area contributed by atoms with Crippen LogP contribution in [-0.4, -0.2) is 34.1 Å². The average molecular weight is 409 g/mol. The third-order valence-electron chi connectivity index (χ3n) is 4.97. The summed E-state index contributed by atoms with van der Waals surface area (Å²) < 4.78 is 4.51. The Balaban J connectivity index is 1.64. The van der Waals surface area contributed by atoms with Crippen molar-refractivity contribution in [3.05, 3.63) is 68.7 Å². The molecule has 0 bridgehead atoms. The number of nitrogens with one attached hydrogen (secondary N) is 2. The van der Waals surface area contributed by atoms with Crippen LogP contribution in [0.15, 0.2) is 51.8 Å². The van der Waals surface area contributed by atoms with Gasteiger partial charge in [0, 0.05) is 36.5 Å². The van der Waals surface area contributed by atoms with Crippen LogP contribution in [0.2, 0.25) is 0 Å². The van der Waals surface area contributed by atoms with E-state index < -0.39 is 16.6 Å². The summed E-state index contributed by atoms with van der Waals surface area (Å²) in [6.07, 6.45) is 3.15. The van der Waals surface area contributed by atoms with E-state index >= 15 is 0 Å². The second kappa shape index (κ2) is 8.19.